The van der Waals surface area contributed by atoms with Crippen LogP contribution in [-0.4, -0.2) is 20.6 Å². The quantitative estimate of drug-likeness (QED) is 0.762. The molecule has 0 radical (unpaired) electrons. The summed E-state index contributed by atoms with van der Waals surface area (Å²) in [7, 11) is 0. The Labute approximate surface area is 114 Å². The van der Waals surface area contributed by atoms with Gasteiger partial charge in [0.2, 0.25) is 0 Å². The zero-order valence-corrected chi connectivity index (χ0v) is 10.8. The van der Waals surface area contributed by atoms with Gasteiger partial charge in [-0.15, -0.1) is 10.2 Å². The van der Waals surface area contributed by atoms with E-state index in [9.17, 15) is 4.79 Å². The second-order valence-electron chi connectivity index (χ2n) is 4.25. The number of nitrogens with zero attached hydrogens (tertiary/aromatic N) is 3. The van der Waals surface area contributed by atoms with Crippen LogP contribution in [0.1, 0.15) is 11.6 Å². The number of hydrogen-bond acceptors (Lipinski definition) is 4. The second-order valence-corrected chi connectivity index (χ2v) is 4.25. The van der Waals surface area contributed by atoms with Crippen LogP contribution in [0.3, 0.4) is 0 Å². The number of urea groups is 1. The highest BCUT2D eigenvalue weighted by Gasteiger charge is 2.09. The normalized spacial score (nSPS) is 10.7. The SMILES string of the molecule is Cc1nnc2c(NC(=O)NCc3ccco3)cccn12. The van der Waals surface area contributed by atoms with Gasteiger partial charge < -0.3 is 15.1 Å². The van der Waals surface area contributed by atoms with Gasteiger partial charge in [0.1, 0.15) is 11.6 Å². The molecule has 3 rings (SSSR count). The number of aryl methyl sites for hydroxylation is 1. The molecule has 0 spiro atoms. The van der Waals surface area contributed by atoms with Gasteiger partial charge in [-0.25, -0.2) is 4.79 Å². The van der Waals surface area contributed by atoms with Gasteiger partial charge in [0, 0.05) is 6.20 Å². The first-order valence-electron chi connectivity index (χ1n) is 6.11. The Morgan fingerprint density at radius 3 is 3.05 bits per heavy atom. The number of carbonyl (C=O) groups excluding carboxylic acids is 1. The van der Waals surface area contributed by atoms with Crippen LogP contribution in [0.4, 0.5) is 10.5 Å². The lowest BCUT2D eigenvalue weighted by molar-refractivity contribution is 0.251. The molecular formula is C13H13N5O2. The lowest BCUT2D eigenvalue weighted by Crippen LogP contribution is -2.28. The second kappa shape index (κ2) is 5.04. The number of anilines is 1. The first kappa shape index (κ1) is 12.2. The summed E-state index contributed by atoms with van der Waals surface area (Å²) in [6.07, 6.45) is 3.41. The smallest absolute Gasteiger partial charge is 0.319 e. The molecule has 20 heavy (non-hydrogen) atoms. The van der Waals surface area contributed by atoms with E-state index in [4.69, 9.17) is 4.42 Å². The Balaban J connectivity index is 1.71. The van der Waals surface area contributed by atoms with Gasteiger partial charge >= 0.3 is 6.03 Å². The van der Waals surface area contributed by atoms with Crippen LogP contribution in [0.15, 0.2) is 41.1 Å². The minimum Gasteiger partial charge on any atom is -0.467 e. The standard InChI is InChI=1S/C13H13N5O2/c1-9-16-17-12-11(5-2-6-18(9)12)15-13(19)14-8-10-4-3-7-20-10/h2-7H,8H2,1H3,(H2,14,15,19). The summed E-state index contributed by atoms with van der Waals surface area (Å²) in [5, 5.41) is 13.5. The molecule has 3 heterocycles. The number of amides is 2. The topological polar surface area (TPSA) is 84.5 Å². The Kier molecular flexibility index (Phi) is 3.08. The lowest BCUT2D eigenvalue weighted by Gasteiger charge is -2.07. The molecule has 2 N–H and O–H groups in total. The average molecular weight is 271 g/mol. The van der Waals surface area contributed by atoms with Crippen LogP contribution >= 0.6 is 0 Å². The fourth-order valence-electron chi connectivity index (χ4n) is 1.88. The molecular weight excluding hydrogens is 258 g/mol. The number of hydrogen-bond donors (Lipinski definition) is 2. The van der Waals surface area contributed by atoms with Crippen molar-refractivity contribution in [2.24, 2.45) is 0 Å². The fraction of sp³-hybridized carbons (Fsp3) is 0.154. The number of furan rings is 1. The summed E-state index contributed by atoms with van der Waals surface area (Å²) in [5.74, 6) is 1.45. The average Bonchev–Trinajstić information content (AvgIpc) is 3.08. The minimum absolute atomic E-state index is 0.324. The van der Waals surface area contributed by atoms with Crippen molar-refractivity contribution in [3.8, 4) is 0 Å². The van der Waals surface area contributed by atoms with E-state index in [0.29, 0.717) is 23.6 Å². The summed E-state index contributed by atoms with van der Waals surface area (Å²) < 4.78 is 6.95. The van der Waals surface area contributed by atoms with Crippen LogP contribution < -0.4 is 10.6 Å². The zero-order chi connectivity index (χ0) is 13.9. The van der Waals surface area contributed by atoms with E-state index in [1.165, 1.54) is 0 Å². The van der Waals surface area contributed by atoms with E-state index in [0.717, 1.165) is 5.82 Å². The Morgan fingerprint density at radius 2 is 2.25 bits per heavy atom. The highest BCUT2D eigenvalue weighted by atomic mass is 16.3. The largest absolute Gasteiger partial charge is 0.467 e. The molecule has 0 fully saturated rings. The van der Waals surface area contributed by atoms with Crippen LogP contribution in [0.5, 0.6) is 0 Å². The Hall–Kier alpha value is -2.83. The first-order chi connectivity index (χ1) is 9.74. The van der Waals surface area contributed by atoms with Gasteiger partial charge in [-0.05, 0) is 31.2 Å². The van der Waals surface area contributed by atoms with Gasteiger partial charge in [0.15, 0.2) is 5.65 Å². The number of fused-ring (bicyclic) bond motifs is 1. The predicted molar refractivity (Wildman–Crippen MR) is 72.3 cm³/mol. The molecule has 0 unspecified atom stereocenters. The highest BCUT2D eigenvalue weighted by Crippen LogP contribution is 2.15. The predicted octanol–water partition coefficient (Wildman–Crippen LogP) is 1.95. The number of carbonyl (C=O) groups is 1. The molecule has 0 saturated heterocycles. The molecule has 0 aliphatic carbocycles. The van der Waals surface area contributed by atoms with Crippen molar-refractivity contribution in [1.29, 1.82) is 0 Å². The van der Waals surface area contributed by atoms with E-state index in [-0.39, 0.29) is 6.03 Å². The van der Waals surface area contributed by atoms with E-state index in [2.05, 4.69) is 20.8 Å². The number of nitrogens with one attached hydrogen (secondary N) is 2. The maximum absolute atomic E-state index is 11.8. The van der Waals surface area contributed by atoms with Crippen molar-refractivity contribution < 1.29 is 9.21 Å². The monoisotopic (exact) mass is 271 g/mol. The van der Waals surface area contributed by atoms with E-state index >= 15 is 0 Å². The minimum atomic E-state index is -0.324. The molecule has 2 amide bonds. The van der Waals surface area contributed by atoms with Crippen molar-refractivity contribution in [3.05, 3.63) is 48.3 Å². The lowest BCUT2D eigenvalue weighted by atomic mass is 10.4. The molecule has 102 valence electrons. The molecule has 3 aromatic rings. The van der Waals surface area contributed by atoms with Crippen LogP contribution in [0.25, 0.3) is 5.65 Å². The third-order valence-electron chi connectivity index (χ3n) is 2.86. The van der Waals surface area contributed by atoms with Crippen molar-refractivity contribution in [2.75, 3.05) is 5.32 Å². The third kappa shape index (κ3) is 2.33. The van der Waals surface area contributed by atoms with E-state index < -0.39 is 0 Å². The summed E-state index contributed by atoms with van der Waals surface area (Å²) in [6, 6.07) is 6.84. The molecule has 7 heteroatoms. The Morgan fingerprint density at radius 1 is 1.35 bits per heavy atom. The van der Waals surface area contributed by atoms with E-state index in [1.54, 1.807) is 24.5 Å². The van der Waals surface area contributed by atoms with Crippen LogP contribution in [0.2, 0.25) is 0 Å². The maximum atomic E-state index is 11.8. The first-order valence-corrected chi connectivity index (χ1v) is 6.11. The zero-order valence-electron chi connectivity index (χ0n) is 10.8. The van der Waals surface area contributed by atoms with Crippen LogP contribution in [-0.2, 0) is 6.54 Å². The van der Waals surface area contributed by atoms with Crippen molar-refractivity contribution in [2.45, 2.75) is 13.5 Å². The molecule has 3 aromatic heterocycles. The van der Waals surface area contributed by atoms with Gasteiger partial charge in [0.05, 0.1) is 18.5 Å². The number of rotatable bonds is 3. The van der Waals surface area contributed by atoms with Gasteiger partial charge in [-0.3, -0.25) is 4.40 Å². The summed E-state index contributed by atoms with van der Waals surface area (Å²) in [6.45, 7) is 2.18. The summed E-state index contributed by atoms with van der Waals surface area (Å²) >= 11 is 0. The fourth-order valence-corrected chi connectivity index (χ4v) is 1.88. The highest BCUT2D eigenvalue weighted by molar-refractivity contribution is 5.92. The number of pyridine rings is 1. The van der Waals surface area contributed by atoms with Gasteiger partial charge in [0.25, 0.3) is 0 Å². The summed E-state index contributed by atoms with van der Waals surface area (Å²) in [4.78, 5) is 11.8. The van der Waals surface area contributed by atoms with Crippen LogP contribution in [0, 0.1) is 6.92 Å². The Bertz CT molecular complexity index is 732. The summed E-state index contributed by atoms with van der Waals surface area (Å²) in [5.41, 5.74) is 1.21. The van der Waals surface area contributed by atoms with Crippen molar-refractivity contribution in [1.82, 2.24) is 19.9 Å². The molecule has 0 atom stereocenters. The van der Waals surface area contributed by atoms with Gasteiger partial charge in [-0.2, -0.15) is 0 Å². The maximum Gasteiger partial charge on any atom is 0.319 e. The molecule has 0 bridgehead atoms. The van der Waals surface area contributed by atoms with Gasteiger partial charge in [-0.1, -0.05) is 0 Å². The van der Waals surface area contributed by atoms with Crippen molar-refractivity contribution in [3.63, 3.8) is 0 Å². The molecule has 0 aromatic carbocycles. The van der Waals surface area contributed by atoms with E-state index in [1.807, 2.05) is 23.6 Å². The molecule has 0 aliphatic heterocycles. The molecule has 7 nitrogen and oxygen atoms in total. The third-order valence-corrected chi connectivity index (χ3v) is 2.86. The molecule has 0 aliphatic rings. The molecule has 0 saturated carbocycles. The van der Waals surface area contributed by atoms with Crippen molar-refractivity contribution >= 4 is 17.4 Å². The number of aromatic nitrogens is 3.